The van der Waals surface area contributed by atoms with E-state index in [-0.39, 0.29) is 66.9 Å². The summed E-state index contributed by atoms with van der Waals surface area (Å²) in [6.45, 7) is 4.23. The van der Waals surface area contributed by atoms with Crippen LogP contribution in [0.3, 0.4) is 0 Å². The maximum Gasteiger partial charge on any atom is 0.00647 e. The third kappa shape index (κ3) is 5.50. The summed E-state index contributed by atoms with van der Waals surface area (Å²) in [6, 6.07) is 17.9. The van der Waals surface area contributed by atoms with Gasteiger partial charge in [0.2, 0.25) is 0 Å². The minimum Gasteiger partial charge on any atom is -0.386 e. The third-order valence-electron chi connectivity index (χ3n) is 6.05. The molecule has 180 valence electrons. The van der Waals surface area contributed by atoms with Crippen molar-refractivity contribution < 1.29 is 26.2 Å². The average Bonchev–Trinajstić information content (AvgIpc) is 3.41. The van der Waals surface area contributed by atoms with Crippen LogP contribution < -0.4 is 9.80 Å². The van der Waals surface area contributed by atoms with E-state index in [0.717, 1.165) is 0 Å². The summed E-state index contributed by atoms with van der Waals surface area (Å²) in [7, 11) is 4.29. The average molecular weight is 544 g/mol. The molecule has 2 aliphatic carbocycles. The first-order chi connectivity index (χ1) is 13.5. The zero-order valence-electron chi connectivity index (χ0n) is 21.8. The van der Waals surface area contributed by atoms with Gasteiger partial charge in [-0.2, -0.15) is 35.5 Å². The predicted octanol–water partition coefficient (Wildman–Crippen LogP) is 6.72. The molecule has 4 heteroatoms. The molecule has 2 aliphatic heterocycles. The number of para-hydroxylation sites is 2. The quantitative estimate of drug-likeness (QED) is 0.269. The summed E-state index contributed by atoms with van der Waals surface area (Å²) in [4.78, 5) is 4.63. The van der Waals surface area contributed by atoms with Crippen LogP contribution in [0.4, 0.5) is 11.4 Å². The van der Waals surface area contributed by atoms with Gasteiger partial charge in [-0.15, -0.1) is 23.3 Å². The molecule has 6 rings (SSSR count). The fraction of sp³-hybridized carbons (Fsp3) is 0.200. The Morgan fingerprint density at radius 2 is 0.941 bits per heavy atom. The van der Waals surface area contributed by atoms with Crippen LogP contribution in [0.5, 0.6) is 0 Å². The van der Waals surface area contributed by atoms with Crippen LogP contribution in [-0.4, -0.2) is 37.1 Å². The first-order valence-corrected chi connectivity index (χ1v) is 9.83. The van der Waals surface area contributed by atoms with E-state index in [2.05, 4.69) is 111 Å². The molecule has 0 N–H and O–H groups in total. The minimum atomic E-state index is 0. The smallest absolute Gasteiger partial charge is 0.00647 e. The van der Waals surface area contributed by atoms with E-state index >= 15 is 0 Å². The fourth-order valence-corrected chi connectivity index (χ4v) is 4.68. The fourth-order valence-electron chi connectivity index (χ4n) is 4.68. The van der Waals surface area contributed by atoms with Crippen LogP contribution in [0.2, 0.25) is 0 Å². The standard InChI is InChI=1S/2C13H12N.4CH3.Si.Zr/c2*1-9-7-11-10-5-3-4-6-12(10)14(2)13(11)8-9;;;;;;/h2*3-6,8,13H,1-2H3;4*1H3;;/q6*-1;;. The Bertz CT molecular complexity index is 1010. The summed E-state index contributed by atoms with van der Waals surface area (Å²) >= 11 is 0. The van der Waals surface area contributed by atoms with E-state index in [0.29, 0.717) is 12.1 Å². The Morgan fingerprint density at radius 3 is 1.29 bits per heavy atom. The molecule has 2 heterocycles. The van der Waals surface area contributed by atoms with Crippen molar-refractivity contribution in [2.75, 3.05) is 23.9 Å². The van der Waals surface area contributed by atoms with Gasteiger partial charge < -0.3 is 39.5 Å². The van der Waals surface area contributed by atoms with E-state index < -0.39 is 0 Å². The number of rotatable bonds is 0. The van der Waals surface area contributed by atoms with Crippen LogP contribution in [0, 0.1) is 41.9 Å². The summed E-state index contributed by atoms with van der Waals surface area (Å²) in [5.41, 5.74) is 10.5. The molecular formula is C30H36N2SiZr-6. The number of hydrogen-bond donors (Lipinski definition) is 0. The number of benzene rings is 2. The van der Waals surface area contributed by atoms with Gasteiger partial charge in [0.05, 0.1) is 0 Å². The molecule has 0 spiro atoms. The first kappa shape index (κ1) is 34.3. The molecule has 0 bridgehead atoms. The first-order valence-electron chi connectivity index (χ1n) is 9.83. The maximum absolute atomic E-state index is 3.44. The number of nitrogens with zero attached hydrogens (tertiary/aromatic N) is 2. The van der Waals surface area contributed by atoms with Crippen molar-refractivity contribution in [1.29, 1.82) is 0 Å². The summed E-state index contributed by atoms with van der Waals surface area (Å²) in [5.74, 6) is 0. The molecule has 4 radical (unpaired) electrons. The number of fused-ring (bicyclic) bond motifs is 6. The van der Waals surface area contributed by atoms with Crippen molar-refractivity contribution in [3.63, 3.8) is 0 Å². The molecule has 0 aromatic heterocycles. The normalized spacial score (nSPS) is 18.9. The monoisotopic (exact) mass is 542 g/mol. The molecular weight excluding hydrogens is 508 g/mol. The summed E-state index contributed by atoms with van der Waals surface area (Å²) < 4.78 is 0. The molecule has 2 atom stereocenters. The van der Waals surface area contributed by atoms with Gasteiger partial charge >= 0.3 is 0 Å². The second-order valence-electron chi connectivity index (χ2n) is 7.92. The van der Waals surface area contributed by atoms with Crippen LogP contribution in [0.15, 0.2) is 71.8 Å². The molecule has 0 saturated carbocycles. The van der Waals surface area contributed by atoms with Crippen molar-refractivity contribution in [2.45, 2.75) is 25.9 Å². The van der Waals surface area contributed by atoms with Crippen molar-refractivity contribution in [1.82, 2.24) is 0 Å². The Morgan fingerprint density at radius 1 is 0.618 bits per heavy atom. The van der Waals surface area contributed by atoms with Gasteiger partial charge in [0.25, 0.3) is 0 Å². The molecule has 4 aliphatic rings. The zero-order chi connectivity index (χ0) is 19.4. The largest absolute Gasteiger partial charge is 0.386 e. The second kappa shape index (κ2) is 13.3. The molecule has 0 amide bonds. The topological polar surface area (TPSA) is 6.48 Å². The Labute approximate surface area is 233 Å². The van der Waals surface area contributed by atoms with Gasteiger partial charge in [0.1, 0.15) is 0 Å². The summed E-state index contributed by atoms with van der Waals surface area (Å²) in [6.07, 6.45) is 11.4. The maximum atomic E-state index is 3.44. The van der Waals surface area contributed by atoms with Gasteiger partial charge in [0.15, 0.2) is 0 Å². The number of likely N-dealkylation sites (N-methyl/N-ethyl adjacent to an activating group) is 2. The van der Waals surface area contributed by atoms with Crippen molar-refractivity contribution in [3.8, 4) is 0 Å². The van der Waals surface area contributed by atoms with Crippen molar-refractivity contribution in [2.24, 2.45) is 0 Å². The van der Waals surface area contributed by atoms with Gasteiger partial charge in [-0.05, 0) is 11.4 Å². The van der Waals surface area contributed by atoms with E-state index in [1.54, 1.807) is 0 Å². The van der Waals surface area contributed by atoms with Crippen molar-refractivity contribution >= 4 is 33.5 Å². The van der Waals surface area contributed by atoms with Crippen LogP contribution in [0.1, 0.15) is 25.0 Å². The number of allylic oxidation sites excluding steroid dienone is 4. The van der Waals surface area contributed by atoms with Crippen LogP contribution in [-0.2, 0) is 26.2 Å². The van der Waals surface area contributed by atoms with Gasteiger partial charge in [-0.25, -0.2) is 0 Å². The molecule has 34 heavy (non-hydrogen) atoms. The second-order valence-corrected chi connectivity index (χ2v) is 7.92. The van der Waals surface area contributed by atoms with Gasteiger partial charge in [-0.3, -0.25) is 0 Å². The van der Waals surface area contributed by atoms with E-state index in [1.165, 1.54) is 44.8 Å². The molecule has 2 aromatic rings. The minimum absolute atomic E-state index is 0. The molecule has 0 saturated heterocycles. The zero-order valence-corrected chi connectivity index (χ0v) is 25.3. The van der Waals surface area contributed by atoms with E-state index in [1.807, 2.05) is 0 Å². The Hall–Kier alpha value is -1.90. The third-order valence-corrected chi connectivity index (χ3v) is 6.05. The molecule has 2 unspecified atom stereocenters. The van der Waals surface area contributed by atoms with Crippen molar-refractivity contribution in [3.05, 3.63) is 125 Å². The Kier molecular flexibility index (Phi) is 13.4. The summed E-state index contributed by atoms with van der Waals surface area (Å²) in [5, 5.41) is 0. The predicted molar refractivity (Wildman–Crippen MR) is 149 cm³/mol. The van der Waals surface area contributed by atoms with Gasteiger partial charge in [0, 0.05) is 63.3 Å². The van der Waals surface area contributed by atoms with Crippen LogP contribution >= 0.6 is 0 Å². The molecule has 0 fully saturated rings. The van der Waals surface area contributed by atoms with E-state index in [9.17, 15) is 0 Å². The van der Waals surface area contributed by atoms with Gasteiger partial charge in [-0.1, -0.05) is 61.4 Å². The molecule has 2 nitrogen and oxygen atoms in total. The molecule has 2 aromatic carbocycles. The SMILES string of the molecule is CC1=CC2C(=[C-]1)c1ccccc1N2C.CC1=CC2C(=[C-]1)c1ccccc1N2C.[CH3-].[CH3-].[CH3-].[CH3-].[Si].[Zr]. The number of hydrogen-bond acceptors (Lipinski definition) is 2. The van der Waals surface area contributed by atoms with Crippen LogP contribution in [0.25, 0.3) is 11.1 Å². The number of anilines is 2. The Balaban J connectivity index is 0. The van der Waals surface area contributed by atoms with E-state index in [4.69, 9.17) is 0 Å².